The molecule has 1 amide bonds. The molecule has 5 nitrogen and oxygen atoms in total. The molecule has 3 rings (SSSR count). The number of benzene rings is 2. The molecule has 0 aliphatic rings. The Bertz CT molecular complexity index is 963. The monoisotopic (exact) mass is 397 g/mol. The molecule has 28 heavy (non-hydrogen) atoms. The van der Waals surface area contributed by atoms with Crippen molar-refractivity contribution in [1.82, 2.24) is 5.32 Å². The molecule has 0 aliphatic heterocycles. The Hall–Kier alpha value is -2.99. The number of aryl methyl sites for hydroxylation is 1. The molecule has 2 aromatic carbocycles. The fraction of sp³-hybridized carbons (Fsp3) is 0.227. The number of amides is 1. The van der Waals surface area contributed by atoms with E-state index in [-0.39, 0.29) is 5.91 Å². The fourth-order valence-electron chi connectivity index (χ4n) is 3.01. The number of methoxy groups -OCH3 is 3. The largest absolute Gasteiger partial charge is 0.497 e. The zero-order valence-corrected chi connectivity index (χ0v) is 17.2. The van der Waals surface area contributed by atoms with E-state index in [1.807, 2.05) is 55.5 Å². The minimum absolute atomic E-state index is 0.113. The molecule has 0 saturated carbocycles. The number of nitrogens with one attached hydrogen (secondary N) is 1. The van der Waals surface area contributed by atoms with Crippen LogP contribution in [0.1, 0.15) is 20.1 Å². The van der Waals surface area contributed by atoms with Crippen molar-refractivity contribution in [1.29, 1.82) is 0 Å². The van der Waals surface area contributed by atoms with Gasteiger partial charge in [0.15, 0.2) is 11.5 Å². The van der Waals surface area contributed by atoms with Crippen LogP contribution in [0.5, 0.6) is 17.2 Å². The predicted molar refractivity (Wildman–Crippen MR) is 112 cm³/mol. The molecule has 6 heteroatoms. The summed E-state index contributed by atoms with van der Waals surface area (Å²) in [6.45, 7) is 2.38. The van der Waals surface area contributed by atoms with Crippen LogP contribution in [-0.4, -0.2) is 27.2 Å². The van der Waals surface area contributed by atoms with Gasteiger partial charge in [-0.25, -0.2) is 0 Å². The molecule has 0 unspecified atom stereocenters. The van der Waals surface area contributed by atoms with Gasteiger partial charge in [-0.1, -0.05) is 24.3 Å². The van der Waals surface area contributed by atoms with Crippen molar-refractivity contribution in [3.05, 3.63) is 63.8 Å². The highest BCUT2D eigenvalue weighted by Gasteiger charge is 2.15. The molecule has 0 saturated heterocycles. The molecular formula is C22H23NO4S. The quantitative estimate of drug-likeness (QED) is 0.629. The van der Waals surface area contributed by atoms with Gasteiger partial charge >= 0.3 is 0 Å². The van der Waals surface area contributed by atoms with Gasteiger partial charge in [0.2, 0.25) is 0 Å². The molecule has 0 fully saturated rings. The summed E-state index contributed by atoms with van der Waals surface area (Å²) < 4.78 is 15.9. The van der Waals surface area contributed by atoms with E-state index in [1.54, 1.807) is 21.3 Å². The molecule has 0 atom stereocenters. The molecule has 0 spiro atoms. The van der Waals surface area contributed by atoms with Gasteiger partial charge < -0.3 is 19.5 Å². The Morgan fingerprint density at radius 3 is 2.39 bits per heavy atom. The third kappa shape index (κ3) is 4.12. The van der Waals surface area contributed by atoms with Gasteiger partial charge in [0.25, 0.3) is 5.91 Å². The number of rotatable bonds is 7. The summed E-state index contributed by atoms with van der Waals surface area (Å²) in [6.07, 6.45) is 0. The fourth-order valence-corrected chi connectivity index (χ4v) is 3.96. The first-order valence-electron chi connectivity index (χ1n) is 8.80. The normalized spacial score (nSPS) is 10.4. The van der Waals surface area contributed by atoms with Gasteiger partial charge in [0.1, 0.15) is 5.75 Å². The summed E-state index contributed by atoms with van der Waals surface area (Å²) in [4.78, 5) is 14.4. The van der Waals surface area contributed by atoms with E-state index in [1.165, 1.54) is 11.3 Å². The van der Waals surface area contributed by atoms with Gasteiger partial charge in [-0.05, 0) is 42.3 Å². The average Bonchev–Trinajstić information content (AvgIpc) is 3.13. The van der Waals surface area contributed by atoms with Gasteiger partial charge in [-0.3, -0.25) is 4.79 Å². The molecule has 0 radical (unpaired) electrons. The summed E-state index contributed by atoms with van der Waals surface area (Å²) >= 11 is 1.48. The SMILES string of the molecule is COc1ccc(-c2cc(C(=O)NCc3cccc(OC)c3OC)sc2C)cc1. The lowest BCUT2D eigenvalue weighted by molar-refractivity contribution is 0.0954. The highest BCUT2D eigenvalue weighted by Crippen LogP contribution is 2.33. The predicted octanol–water partition coefficient (Wildman–Crippen LogP) is 4.68. The highest BCUT2D eigenvalue weighted by atomic mass is 32.1. The highest BCUT2D eigenvalue weighted by molar-refractivity contribution is 7.14. The van der Waals surface area contributed by atoms with Crippen LogP contribution < -0.4 is 19.5 Å². The van der Waals surface area contributed by atoms with Gasteiger partial charge in [-0.2, -0.15) is 0 Å². The van der Waals surface area contributed by atoms with E-state index >= 15 is 0 Å². The lowest BCUT2D eigenvalue weighted by Gasteiger charge is -2.12. The van der Waals surface area contributed by atoms with E-state index in [0.717, 1.165) is 27.3 Å². The Balaban J connectivity index is 1.75. The third-order valence-corrected chi connectivity index (χ3v) is 5.52. The first kappa shape index (κ1) is 19.8. The number of ether oxygens (including phenoxy) is 3. The van der Waals surface area contributed by atoms with Crippen LogP contribution >= 0.6 is 11.3 Å². The van der Waals surface area contributed by atoms with Crippen molar-refractivity contribution < 1.29 is 19.0 Å². The summed E-state index contributed by atoms with van der Waals surface area (Å²) in [5, 5.41) is 2.97. The Morgan fingerprint density at radius 2 is 1.75 bits per heavy atom. The van der Waals surface area contributed by atoms with Gasteiger partial charge in [0.05, 0.1) is 26.2 Å². The van der Waals surface area contributed by atoms with Crippen LogP contribution in [0, 0.1) is 6.92 Å². The molecular weight excluding hydrogens is 374 g/mol. The molecule has 1 aromatic heterocycles. The lowest BCUT2D eigenvalue weighted by atomic mass is 10.1. The average molecular weight is 397 g/mol. The molecule has 146 valence electrons. The number of hydrogen-bond donors (Lipinski definition) is 1. The number of carbonyl (C=O) groups is 1. The minimum Gasteiger partial charge on any atom is -0.497 e. The van der Waals surface area contributed by atoms with E-state index < -0.39 is 0 Å². The second-order valence-electron chi connectivity index (χ2n) is 6.14. The molecule has 0 bridgehead atoms. The van der Waals surface area contributed by atoms with Crippen LogP contribution in [0.4, 0.5) is 0 Å². The Morgan fingerprint density at radius 1 is 1.00 bits per heavy atom. The lowest BCUT2D eigenvalue weighted by Crippen LogP contribution is -2.22. The van der Waals surface area contributed by atoms with Crippen LogP contribution in [-0.2, 0) is 6.54 Å². The smallest absolute Gasteiger partial charge is 0.261 e. The first-order chi connectivity index (χ1) is 13.6. The van der Waals surface area contributed by atoms with Crippen molar-refractivity contribution in [3.8, 4) is 28.4 Å². The number of thiophene rings is 1. The van der Waals surface area contributed by atoms with Crippen molar-refractivity contribution in [2.75, 3.05) is 21.3 Å². The van der Waals surface area contributed by atoms with Crippen LogP contribution in [0.3, 0.4) is 0 Å². The first-order valence-corrected chi connectivity index (χ1v) is 9.62. The molecule has 3 aromatic rings. The summed E-state index contributed by atoms with van der Waals surface area (Å²) in [5.41, 5.74) is 2.97. The van der Waals surface area contributed by atoms with Gasteiger partial charge in [-0.15, -0.1) is 11.3 Å². The zero-order valence-electron chi connectivity index (χ0n) is 16.4. The number of hydrogen-bond acceptors (Lipinski definition) is 5. The van der Waals surface area contributed by atoms with Crippen molar-refractivity contribution >= 4 is 17.2 Å². The van der Waals surface area contributed by atoms with Crippen molar-refractivity contribution in [2.24, 2.45) is 0 Å². The number of carbonyl (C=O) groups excluding carboxylic acids is 1. The minimum atomic E-state index is -0.113. The Labute approximate surface area is 168 Å². The van der Waals surface area contributed by atoms with E-state index in [0.29, 0.717) is 22.9 Å². The topological polar surface area (TPSA) is 56.8 Å². The maximum Gasteiger partial charge on any atom is 0.261 e. The standard InChI is InChI=1S/C22H23NO4S/c1-14-18(15-8-10-17(25-2)11-9-15)12-20(28-14)22(24)23-13-16-6-5-7-19(26-3)21(16)27-4/h5-12H,13H2,1-4H3,(H,23,24). The van der Waals surface area contributed by atoms with Gasteiger partial charge in [0, 0.05) is 17.0 Å². The number of para-hydroxylation sites is 1. The summed E-state index contributed by atoms with van der Waals surface area (Å²) in [6, 6.07) is 15.4. The van der Waals surface area contributed by atoms with Crippen LogP contribution in [0.15, 0.2) is 48.5 Å². The second-order valence-corrected chi connectivity index (χ2v) is 7.40. The maximum atomic E-state index is 12.7. The van der Waals surface area contributed by atoms with E-state index in [2.05, 4.69) is 5.32 Å². The maximum absolute atomic E-state index is 12.7. The van der Waals surface area contributed by atoms with Crippen LogP contribution in [0.2, 0.25) is 0 Å². The van der Waals surface area contributed by atoms with E-state index in [4.69, 9.17) is 14.2 Å². The molecule has 1 N–H and O–H groups in total. The Kier molecular flexibility index (Phi) is 6.21. The van der Waals surface area contributed by atoms with Crippen molar-refractivity contribution in [2.45, 2.75) is 13.5 Å². The second kappa shape index (κ2) is 8.80. The molecule has 0 aliphatic carbocycles. The van der Waals surface area contributed by atoms with E-state index in [9.17, 15) is 4.79 Å². The zero-order chi connectivity index (χ0) is 20.1. The van der Waals surface area contributed by atoms with Crippen molar-refractivity contribution in [3.63, 3.8) is 0 Å². The third-order valence-electron chi connectivity index (χ3n) is 4.47. The molecule has 1 heterocycles. The summed E-state index contributed by atoms with van der Waals surface area (Å²) in [7, 11) is 4.83. The summed E-state index contributed by atoms with van der Waals surface area (Å²) in [5.74, 6) is 1.97. The van der Waals surface area contributed by atoms with Crippen LogP contribution in [0.25, 0.3) is 11.1 Å².